The number of piperazine rings is 1. The van der Waals surface area contributed by atoms with Crippen molar-refractivity contribution < 1.29 is 4.79 Å². The Kier molecular flexibility index (Phi) is 4.01. The summed E-state index contributed by atoms with van der Waals surface area (Å²) < 4.78 is 0. The average molecular weight is 288 g/mol. The van der Waals surface area contributed by atoms with E-state index in [1.54, 1.807) is 0 Å². The summed E-state index contributed by atoms with van der Waals surface area (Å²) in [4.78, 5) is 17.2. The van der Waals surface area contributed by atoms with Gasteiger partial charge in [0, 0.05) is 38.8 Å². The molecule has 5 heteroatoms. The summed E-state index contributed by atoms with van der Waals surface area (Å²) >= 11 is 0. The van der Waals surface area contributed by atoms with E-state index in [1.165, 1.54) is 0 Å². The molecule has 1 saturated heterocycles. The molecule has 1 fully saturated rings. The molecule has 0 radical (unpaired) electrons. The van der Waals surface area contributed by atoms with Gasteiger partial charge in [-0.3, -0.25) is 9.69 Å². The van der Waals surface area contributed by atoms with Gasteiger partial charge >= 0.3 is 0 Å². The first-order valence-electron chi connectivity index (χ1n) is 7.81. The molecular weight excluding hydrogens is 264 g/mol. The molecule has 1 aromatic carbocycles. The van der Waals surface area contributed by atoms with Gasteiger partial charge in [-0.15, -0.1) is 0 Å². The van der Waals surface area contributed by atoms with Gasteiger partial charge in [-0.05, 0) is 25.6 Å². The minimum Gasteiger partial charge on any atom is -0.382 e. The van der Waals surface area contributed by atoms with E-state index in [0.717, 1.165) is 56.1 Å². The molecule has 2 heterocycles. The number of hydrogen-bond donors (Lipinski definition) is 2. The Morgan fingerprint density at radius 3 is 2.90 bits per heavy atom. The van der Waals surface area contributed by atoms with Crippen molar-refractivity contribution >= 4 is 17.3 Å². The van der Waals surface area contributed by atoms with Crippen LogP contribution in [0.25, 0.3) is 0 Å². The molecule has 1 unspecified atom stereocenters. The molecule has 0 saturated carbocycles. The monoisotopic (exact) mass is 288 g/mol. The zero-order valence-electron chi connectivity index (χ0n) is 12.9. The lowest BCUT2D eigenvalue weighted by Gasteiger charge is -2.39. The SMILES string of the molecule is CCC1CN(C(=O)c2cccc3c2NCCN3)CCN1C. The van der Waals surface area contributed by atoms with E-state index < -0.39 is 0 Å². The molecule has 1 aromatic rings. The van der Waals surface area contributed by atoms with E-state index in [1.807, 2.05) is 23.1 Å². The van der Waals surface area contributed by atoms with Crippen LogP contribution >= 0.6 is 0 Å². The molecule has 0 bridgehead atoms. The van der Waals surface area contributed by atoms with Crippen molar-refractivity contribution in [3.8, 4) is 0 Å². The van der Waals surface area contributed by atoms with Crippen molar-refractivity contribution in [3.63, 3.8) is 0 Å². The van der Waals surface area contributed by atoms with Gasteiger partial charge in [0.15, 0.2) is 0 Å². The van der Waals surface area contributed by atoms with Crippen LogP contribution in [-0.4, -0.2) is 61.5 Å². The van der Waals surface area contributed by atoms with E-state index in [-0.39, 0.29) is 5.91 Å². The number of nitrogens with zero attached hydrogens (tertiary/aromatic N) is 2. The highest BCUT2D eigenvalue weighted by atomic mass is 16.2. The number of likely N-dealkylation sites (N-methyl/N-ethyl adjacent to an activating group) is 1. The molecule has 1 atom stereocenters. The second kappa shape index (κ2) is 5.93. The van der Waals surface area contributed by atoms with Gasteiger partial charge in [-0.2, -0.15) is 0 Å². The maximum absolute atomic E-state index is 12.9. The molecule has 0 spiro atoms. The Morgan fingerprint density at radius 1 is 1.29 bits per heavy atom. The van der Waals surface area contributed by atoms with Crippen LogP contribution in [0.4, 0.5) is 11.4 Å². The highest BCUT2D eigenvalue weighted by molar-refractivity contribution is 6.02. The third-order valence-corrected chi connectivity index (χ3v) is 4.57. The largest absolute Gasteiger partial charge is 0.382 e. The van der Waals surface area contributed by atoms with Crippen molar-refractivity contribution in [1.82, 2.24) is 9.80 Å². The third-order valence-electron chi connectivity index (χ3n) is 4.57. The average Bonchev–Trinajstić information content (AvgIpc) is 2.54. The molecule has 2 aliphatic heterocycles. The highest BCUT2D eigenvalue weighted by Crippen LogP contribution is 2.29. The lowest BCUT2D eigenvalue weighted by molar-refractivity contribution is 0.0543. The second-order valence-corrected chi connectivity index (χ2v) is 5.88. The lowest BCUT2D eigenvalue weighted by atomic mass is 10.1. The summed E-state index contributed by atoms with van der Waals surface area (Å²) in [5.74, 6) is 0.148. The fraction of sp³-hybridized carbons (Fsp3) is 0.562. The second-order valence-electron chi connectivity index (χ2n) is 5.88. The number of carbonyl (C=O) groups is 1. The Labute approximate surface area is 126 Å². The van der Waals surface area contributed by atoms with Gasteiger partial charge in [0.1, 0.15) is 0 Å². The summed E-state index contributed by atoms with van der Waals surface area (Å²) in [6.45, 7) is 6.52. The fourth-order valence-electron chi connectivity index (χ4n) is 3.19. The van der Waals surface area contributed by atoms with Crippen LogP contribution in [-0.2, 0) is 0 Å². The molecule has 1 amide bonds. The quantitative estimate of drug-likeness (QED) is 0.869. The van der Waals surface area contributed by atoms with Crippen LogP contribution in [0, 0.1) is 0 Å². The minimum absolute atomic E-state index is 0.148. The molecule has 5 nitrogen and oxygen atoms in total. The molecule has 3 rings (SSSR count). The van der Waals surface area contributed by atoms with Gasteiger partial charge in [-0.25, -0.2) is 0 Å². The van der Waals surface area contributed by atoms with E-state index in [2.05, 4.69) is 29.5 Å². The van der Waals surface area contributed by atoms with Crippen molar-refractivity contribution in [2.45, 2.75) is 19.4 Å². The maximum atomic E-state index is 12.9. The molecular formula is C16H24N4O. The van der Waals surface area contributed by atoms with Crippen LogP contribution in [0.3, 0.4) is 0 Å². The third kappa shape index (κ3) is 2.70. The number of amides is 1. The molecule has 114 valence electrons. The van der Waals surface area contributed by atoms with Crippen LogP contribution in [0.5, 0.6) is 0 Å². The molecule has 2 N–H and O–H groups in total. The summed E-state index contributed by atoms with van der Waals surface area (Å²) in [6.07, 6.45) is 1.08. The normalized spacial score (nSPS) is 22.2. The summed E-state index contributed by atoms with van der Waals surface area (Å²) in [7, 11) is 2.14. The smallest absolute Gasteiger partial charge is 0.256 e. The number of hydrogen-bond acceptors (Lipinski definition) is 4. The van der Waals surface area contributed by atoms with E-state index in [9.17, 15) is 4.79 Å². The Balaban J connectivity index is 1.82. The zero-order valence-corrected chi connectivity index (χ0v) is 12.9. The molecule has 0 aliphatic carbocycles. The van der Waals surface area contributed by atoms with Crippen molar-refractivity contribution in [3.05, 3.63) is 23.8 Å². The van der Waals surface area contributed by atoms with Crippen molar-refractivity contribution in [2.75, 3.05) is 50.4 Å². The van der Waals surface area contributed by atoms with Crippen LogP contribution in [0.1, 0.15) is 23.7 Å². The van der Waals surface area contributed by atoms with Gasteiger partial charge in [0.05, 0.1) is 16.9 Å². The van der Waals surface area contributed by atoms with Crippen molar-refractivity contribution in [2.24, 2.45) is 0 Å². The van der Waals surface area contributed by atoms with Gasteiger partial charge < -0.3 is 15.5 Å². The highest BCUT2D eigenvalue weighted by Gasteiger charge is 2.28. The topological polar surface area (TPSA) is 47.6 Å². The van der Waals surface area contributed by atoms with Gasteiger partial charge in [0.25, 0.3) is 5.91 Å². The summed E-state index contributed by atoms with van der Waals surface area (Å²) in [6, 6.07) is 6.38. The molecule has 21 heavy (non-hydrogen) atoms. The maximum Gasteiger partial charge on any atom is 0.256 e. The standard InChI is InChI=1S/C16H24N4O/c1-3-12-11-20(10-9-19(12)2)16(21)13-5-4-6-14-15(13)18-8-7-17-14/h4-6,12,17-18H,3,7-11H2,1-2H3. The predicted octanol–water partition coefficient (Wildman–Crippen LogP) is 1.69. The first-order chi connectivity index (χ1) is 10.2. The van der Waals surface area contributed by atoms with Gasteiger partial charge in [-0.1, -0.05) is 13.0 Å². The minimum atomic E-state index is 0.148. The number of fused-ring (bicyclic) bond motifs is 1. The van der Waals surface area contributed by atoms with Crippen LogP contribution < -0.4 is 10.6 Å². The van der Waals surface area contributed by atoms with Crippen LogP contribution in [0.2, 0.25) is 0 Å². The van der Waals surface area contributed by atoms with E-state index >= 15 is 0 Å². The number of rotatable bonds is 2. The van der Waals surface area contributed by atoms with E-state index in [4.69, 9.17) is 0 Å². The predicted molar refractivity (Wildman–Crippen MR) is 86.0 cm³/mol. The van der Waals surface area contributed by atoms with Gasteiger partial charge in [0.2, 0.25) is 0 Å². The number of carbonyl (C=O) groups excluding carboxylic acids is 1. The van der Waals surface area contributed by atoms with E-state index in [0.29, 0.717) is 6.04 Å². The Bertz CT molecular complexity index is 531. The first-order valence-corrected chi connectivity index (χ1v) is 7.81. The fourth-order valence-corrected chi connectivity index (χ4v) is 3.19. The molecule has 2 aliphatic rings. The Hall–Kier alpha value is -1.75. The zero-order chi connectivity index (χ0) is 14.8. The van der Waals surface area contributed by atoms with Crippen molar-refractivity contribution in [1.29, 1.82) is 0 Å². The summed E-state index contributed by atoms with van der Waals surface area (Å²) in [5.41, 5.74) is 2.79. The number of anilines is 2. The lowest BCUT2D eigenvalue weighted by Crippen LogP contribution is -2.53. The molecule has 0 aromatic heterocycles. The van der Waals surface area contributed by atoms with Crippen LogP contribution in [0.15, 0.2) is 18.2 Å². The summed E-state index contributed by atoms with van der Waals surface area (Å²) in [5, 5.41) is 6.71. The number of benzene rings is 1. The number of para-hydroxylation sites is 1. The Morgan fingerprint density at radius 2 is 2.10 bits per heavy atom. The number of nitrogens with one attached hydrogen (secondary N) is 2. The first kappa shape index (κ1) is 14.2.